The number of piperidine rings is 1. The predicted octanol–water partition coefficient (Wildman–Crippen LogP) is 3.70. The van der Waals surface area contributed by atoms with Crippen LogP contribution in [0.15, 0.2) is 42.5 Å². The molecule has 5 nitrogen and oxygen atoms in total. The lowest BCUT2D eigenvalue weighted by molar-refractivity contribution is 0.279. The fraction of sp³-hybridized carbons (Fsp3) is 0.429. The molecule has 6 heteroatoms. The molecule has 1 fully saturated rings. The highest BCUT2D eigenvalue weighted by Gasteiger charge is 2.26. The first kappa shape index (κ1) is 21.4. The molecule has 3 N–H and O–H groups in total. The number of ether oxygens (including phenoxy) is 3. The zero-order valence-electron chi connectivity index (χ0n) is 15.9. The zero-order valence-corrected chi connectivity index (χ0v) is 16.8. The monoisotopic (exact) mass is 392 g/mol. The number of hydrogen-bond donors (Lipinski definition) is 2. The number of benzene rings is 2. The molecule has 0 spiro atoms. The van der Waals surface area contributed by atoms with Crippen molar-refractivity contribution in [1.82, 2.24) is 5.32 Å². The summed E-state index contributed by atoms with van der Waals surface area (Å²) in [5.74, 6) is 2.52. The van der Waals surface area contributed by atoms with Gasteiger partial charge in [-0.25, -0.2) is 0 Å². The van der Waals surface area contributed by atoms with Crippen molar-refractivity contribution in [2.24, 2.45) is 11.7 Å². The Morgan fingerprint density at radius 3 is 2.26 bits per heavy atom. The zero-order chi connectivity index (χ0) is 18.4. The number of nitrogens with one attached hydrogen (secondary N) is 1. The van der Waals surface area contributed by atoms with Crippen molar-refractivity contribution in [3.8, 4) is 17.2 Å². The Morgan fingerprint density at radius 2 is 1.63 bits per heavy atom. The van der Waals surface area contributed by atoms with Crippen molar-refractivity contribution in [2.45, 2.75) is 25.5 Å². The van der Waals surface area contributed by atoms with Gasteiger partial charge in [0.05, 0.1) is 14.2 Å². The summed E-state index contributed by atoms with van der Waals surface area (Å²) >= 11 is 0. The van der Waals surface area contributed by atoms with E-state index in [2.05, 4.69) is 5.32 Å². The van der Waals surface area contributed by atoms with Crippen molar-refractivity contribution in [3.63, 3.8) is 0 Å². The van der Waals surface area contributed by atoms with Crippen LogP contribution in [0.2, 0.25) is 0 Å². The number of rotatable bonds is 7. The lowest BCUT2D eigenvalue weighted by Crippen LogP contribution is -2.34. The molecule has 1 atom stereocenters. The van der Waals surface area contributed by atoms with E-state index in [0.717, 1.165) is 42.8 Å². The predicted molar refractivity (Wildman–Crippen MR) is 110 cm³/mol. The molecule has 0 unspecified atom stereocenters. The molecular formula is C21H29ClN2O3. The second-order valence-corrected chi connectivity index (χ2v) is 6.63. The summed E-state index contributed by atoms with van der Waals surface area (Å²) in [6.07, 6.45) is 2.13. The molecule has 2 aromatic rings. The minimum Gasteiger partial charge on any atom is -0.493 e. The molecular weight excluding hydrogens is 364 g/mol. The molecule has 148 valence electrons. The van der Waals surface area contributed by atoms with Crippen LogP contribution in [0.4, 0.5) is 0 Å². The van der Waals surface area contributed by atoms with Crippen LogP contribution in [0.1, 0.15) is 30.0 Å². The summed E-state index contributed by atoms with van der Waals surface area (Å²) < 4.78 is 17.1. The van der Waals surface area contributed by atoms with Crippen molar-refractivity contribution in [1.29, 1.82) is 0 Å². The smallest absolute Gasteiger partial charge is 0.164 e. The summed E-state index contributed by atoms with van der Waals surface area (Å²) in [5.41, 5.74) is 8.74. The Balaban J connectivity index is 0.00000261. The van der Waals surface area contributed by atoms with Gasteiger partial charge in [-0.2, -0.15) is 0 Å². The van der Waals surface area contributed by atoms with Crippen molar-refractivity contribution in [3.05, 3.63) is 53.6 Å². The van der Waals surface area contributed by atoms with Crippen LogP contribution in [0.25, 0.3) is 0 Å². The quantitative estimate of drug-likeness (QED) is 0.752. The third-order valence-electron chi connectivity index (χ3n) is 5.00. The van der Waals surface area contributed by atoms with Crippen LogP contribution >= 0.6 is 12.4 Å². The second kappa shape index (κ2) is 10.4. The summed E-state index contributed by atoms with van der Waals surface area (Å²) in [5, 5.41) is 3.39. The van der Waals surface area contributed by atoms with Gasteiger partial charge < -0.3 is 25.3 Å². The summed E-state index contributed by atoms with van der Waals surface area (Å²) in [6, 6.07) is 13.9. The molecule has 0 amide bonds. The van der Waals surface area contributed by atoms with Gasteiger partial charge >= 0.3 is 0 Å². The number of nitrogens with two attached hydrogens (primary N) is 1. The molecule has 0 aliphatic carbocycles. The van der Waals surface area contributed by atoms with Gasteiger partial charge in [0, 0.05) is 17.7 Å². The molecule has 0 saturated carbocycles. The maximum absolute atomic E-state index is 6.65. The van der Waals surface area contributed by atoms with Crippen molar-refractivity contribution in [2.75, 3.05) is 27.3 Å². The minimum atomic E-state index is -0.0947. The summed E-state index contributed by atoms with van der Waals surface area (Å²) in [6.45, 7) is 2.50. The van der Waals surface area contributed by atoms with Crippen LogP contribution < -0.4 is 25.3 Å². The highest BCUT2D eigenvalue weighted by molar-refractivity contribution is 5.85. The third-order valence-corrected chi connectivity index (χ3v) is 5.00. The Kier molecular flexibility index (Phi) is 8.23. The van der Waals surface area contributed by atoms with E-state index in [1.54, 1.807) is 14.2 Å². The lowest BCUT2D eigenvalue weighted by atomic mass is 9.86. The molecule has 1 saturated heterocycles. The molecule has 0 bridgehead atoms. The van der Waals surface area contributed by atoms with Gasteiger partial charge in [-0.1, -0.05) is 30.3 Å². The minimum absolute atomic E-state index is 0. The maximum atomic E-state index is 6.65. The van der Waals surface area contributed by atoms with Crippen LogP contribution in [0.3, 0.4) is 0 Å². The van der Waals surface area contributed by atoms with Gasteiger partial charge in [-0.15, -0.1) is 12.4 Å². The fourth-order valence-corrected chi connectivity index (χ4v) is 3.45. The van der Waals surface area contributed by atoms with E-state index in [-0.39, 0.29) is 18.4 Å². The third kappa shape index (κ3) is 5.28. The van der Waals surface area contributed by atoms with Gasteiger partial charge in [0.2, 0.25) is 0 Å². The summed E-state index contributed by atoms with van der Waals surface area (Å²) in [4.78, 5) is 0. The van der Waals surface area contributed by atoms with Crippen LogP contribution in [0.5, 0.6) is 17.2 Å². The van der Waals surface area contributed by atoms with E-state index in [0.29, 0.717) is 24.0 Å². The average molecular weight is 393 g/mol. The Hall–Kier alpha value is -1.95. The first-order valence-corrected chi connectivity index (χ1v) is 9.12. The topological polar surface area (TPSA) is 65.7 Å². The molecule has 0 aromatic heterocycles. The van der Waals surface area contributed by atoms with E-state index in [1.165, 1.54) is 0 Å². The van der Waals surface area contributed by atoms with Gasteiger partial charge in [0.1, 0.15) is 12.4 Å². The molecule has 1 aliphatic rings. The van der Waals surface area contributed by atoms with Crippen LogP contribution in [-0.4, -0.2) is 27.3 Å². The van der Waals surface area contributed by atoms with E-state index in [1.807, 2.05) is 42.5 Å². The average Bonchev–Trinajstić information content (AvgIpc) is 2.72. The normalized spacial score (nSPS) is 15.5. The lowest BCUT2D eigenvalue weighted by Gasteiger charge is -2.30. The highest BCUT2D eigenvalue weighted by Crippen LogP contribution is 2.40. The molecule has 3 rings (SSSR count). The molecule has 1 heterocycles. The van der Waals surface area contributed by atoms with Gasteiger partial charge in [-0.3, -0.25) is 0 Å². The number of hydrogen-bond acceptors (Lipinski definition) is 5. The van der Waals surface area contributed by atoms with Gasteiger partial charge in [-0.05, 0) is 43.5 Å². The Bertz CT molecular complexity index is 706. The fourth-order valence-electron chi connectivity index (χ4n) is 3.45. The number of methoxy groups -OCH3 is 2. The maximum Gasteiger partial charge on any atom is 0.164 e. The molecule has 1 aliphatic heterocycles. The second-order valence-electron chi connectivity index (χ2n) is 6.63. The van der Waals surface area contributed by atoms with Crippen LogP contribution in [-0.2, 0) is 6.61 Å². The van der Waals surface area contributed by atoms with Crippen molar-refractivity contribution >= 4 is 12.4 Å². The van der Waals surface area contributed by atoms with E-state index < -0.39 is 0 Å². The largest absolute Gasteiger partial charge is 0.493 e. The Morgan fingerprint density at radius 1 is 1.00 bits per heavy atom. The van der Waals surface area contributed by atoms with Crippen molar-refractivity contribution < 1.29 is 14.2 Å². The van der Waals surface area contributed by atoms with E-state index in [9.17, 15) is 0 Å². The van der Waals surface area contributed by atoms with Gasteiger partial charge in [0.15, 0.2) is 11.5 Å². The standard InChI is InChI=1S/C21H28N2O3.ClH/c1-24-19-12-17(21(22)16-8-10-23-11-9-16)18(13-20(19)25-2)26-14-15-6-4-3-5-7-15;/h3-7,12-13,16,21,23H,8-11,14,22H2,1-2H3;1H/t21-;/m1./s1. The van der Waals surface area contributed by atoms with Crippen LogP contribution in [0, 0.1) is 5.92 Å². The first-order chi connectivity index (χ1) is 12.7. The number of halogens is 1. The summed E-state index contributed by atoms with van der Waals surface area (Å²) in [7, 11) is 3.27. The Labute approximate surface area is 167 Å². The molecule has 27 heavy (non-hydrogen) atoms. The highest BCUT2D eigenvalue weighted by atomic mass is 35.5. The SMILES string of the molecule is COc1cc(OCc2ccccc2)c([C@H](N)C2CCNCC2)cc1OC.Cl. The van der Waals surface area contributed by atoms with Gasteiger partial charge in [0.25, 0.3) is 0 Å². The van der Waals surface area contributed by atoms with E-state index in [4.69, 9.17) is 19.9 Å². The molecule has 2 aromatic carbocycles. The van der Waals surface area contributed by atoms with E-state index >= 15 is 0 Å². The molecule has 0 radical (unpaired) electrons. The first-order valence-electron chi connectivity index (χ1n) is 9.12.